The van der Waals surface area contributed by atoms with Crippen LogP contribution in [0.2, 0.25) is 0 Å². The molecule has 0 atom stereocenters. The van der Waals surface area contributed by atoms with Gasteiger partial charge in [-0.1, -0.05) is 0 Å². The van der Waals surface area contributed by atoms with E-state index in [1.165, 1.54) is 11.4 Å². The van der Waals surface area contributed by atoms with Crippen molar-refractivity contribution in [1.29, 1.82) is 0 Å². The van der Waals surface area contributed by atoms with Crippen LogP contribution in [-0.2, 0) is 19.6 Å². The fourth-order valence-electron chi connectivity index (χ4n) is 1.12. The fraction of sp³-hybridized carbons (Fsp3) is 0.333. The molecule has 0 radical (unpaired) electrons. The van der Waals surface area contributed by atoms with E-state index >= 15 is 0 Å². The maximum atomic E-state index is 11.6. The second-order valence-corrected chi connectivity index (χ2v) is 5.77. The number of esters is 1. The van der Waals surface area contributed by atoms with Gasteiger partial charge < -0.3 is 9.84 Å². The Hall–Kier alpha value is -1.61. The first-order valence-electron chi connectivity index (χ1n) is 4.82. The van der Waals surface area contributed by atoms with E-state index in [9.17, 15) is 18.0 Å². The Morgan fingerprint density at radius 1 is 1.50 bits per heavy atom. The Balaban J connectivity index is 2.80. The van der Waals surface area contributed by atoms with Gasteiger partial charge in [-0.2, -0.15) is 0 Å². The molecule has 0 bridgehead atoms. The van der Waals surface area contributed by atoms with Gasteiger partial charge in [0, 0.05) is 0 Å². The third-order valence-electron chi connectivity index (χ3n) is 1.74. The van der Waals surface area contributed by atoms with Crippen LogP contribution in [0.4, 0.5) is 5.69 Å². The molecule has 9 heteroatoms. The second kappa shape index (κ2) is 5.83. The highest BCUT2D eigenvalue weighted by Crippen LogP contribution is 2.23. The minimum atomic E-state index is -3.96. The third kappa shape index (κ3) is 4.00. The van der Waals surface area contributed by atoms with Crippen molar-refractivity contribution in [3.05, 3.63) is 16.3 Å². The maximum absolute atomic E-state index is 11.6. The highest BCUT2D eigenvalue weighted by atomic mass is 32.2. The van der Waals surface area contributed by atoms with E-state index in [-0.39, 0.29) is 17.2 Å². The number of hydrogen-bond acceptors (Lipinski definition) is 6. The predicted molar refractivity (Wildman–Crippen MR) is 65.3 cm³/mol. The zero-order valence-corrected chi connectivity index (χ0v) is 11.0. The van der Waals surface area contributed by atoms with Crippen molar-refractivity contribution in [1.82, 2.24) is 0 Å². The van der Waals surface area contributed by atoms with Crippen molar-refractivity contribution < 1.29 is 27.9 Å². The lowest BCUT2D eigenvalue weighted by Gasteiger charge is -2.06. The third-order valence-corrected chi connectivity index (χ3v) is 3.79. The molecule has 0 aliphatic carbocycles. The summed E-state index contributed by atoms with van der Waals surface area (Å²) in [5.74, 6) is -2.98. The van der Waals surface area contributed by atoms with Crippen molar-refractivity contribution in [3.63, 3.8) is 0 Å². The first kappa shape index (κ1) is 14.5. The highest BCUT2D eigenvalue weighted by Gasteiger charge is 2.21. The molecule has 0 saturated heterocycles. The maximum Gasteiger partial charge on any atom is 0.348 e. The molecule has 1 heterocycles. The van der Waals surface area contributed by atoms with E-state index in [1.54, 1.807) is 6.92 Å². The summed E-state index contributed by atoms with van der Waals surface area (Å²) < 4.78 is 29.7. The SMILES string of the molecule is CCOC(=O)CS(=O)(=O)Nc1ccsc1C(=O)O. The summed E-state index contributed by atoms with van der Waals surface area (Å²) in [6.45, 7) is 1.63. The molecule has 0 fully saturated rings. The van der Waals surface area contributed by atoms with Crippen molar-refractivity contribution in [2.75, 3.05) is 17.1 Å². The van der Waals surface area contributed by atoms with E-state index in [1.807, 2.05) is 4.72 Å². The lowest BCUT2D eigenvalue weighted by atomic mass is 10.4. The van der Waals surface area contributed by atoms with Gasteiger partial charge in [0.1, 0.15) is 4.88 Å². The number of carboxylic acids is 1. The molecule has 7 nitrogen and oxygen atoms in total. The van der Waals surface area contributed by atoms with Gasteiger partial charge in [0.25, 0.3) is 0 Å². The number of hydrogen-bond donors (Lipinski definition) is 2. The molecule has 0 unspecified atom stereocenters. The molecule has 1 aromatic rings. The number of carbonyl (C=O) groups excluding carboxylic acids is 1. The first-order valence-corrected chi connectivity index (χ1v) is 7.36. The number of anilines is 1. The summed E-state index contributed by atoms with van der Waals surface area (Å²) in [5.41, 5.74) is -0.0585. The summed E-state index contributed by atoms with van der Waals surface area (Å²) in [7, 11) is -3.96. The van der Waals surface area contributed by atoms with Crippen molar-refractivity contribution in [2.45, 2.75) is 6.92 Å². The van der Waals surface area contributed by atoms with Crippen LogP contribution >= 0.6 is 11.3 Å². The van der Waals surface area contributed by atoms with Gasteiger partial charge in [-0.05, 0) is 18.4 Å². The Morgan fingerprint density at radius 3 is 2.72 bits per heavy atom. The van der Waals surface area contributed by atoms with E-state index in [2.05, 4.69) is 4.74 Å². The Labute approximate surface area is 107 Å². The van der Waals surface area contributed by atoms with Crippen molar-refractivity contribution in [2.24, 2.45) is 0 Å². The smallest absolute Gasteiger partial charge is 0.348 e. The van der Waals surface area contributed by atoms with Crippen LogP contribution in [-0.4, -0.2) is 37.8 Å². The number of ether oxygens (including phenoxy) is 1. The van der Waals surface area contributed by atoms with Crippen LogP contribution in [0.5, 0.6) is 0 Å². The average molecular weight is 293 g/mol. The molecular weight excluding hydrogens is 282 g/mol. The number of rotatable bonds is 6. The molecule has 1 aromatic heterocycles. The minimum absolute atomic E-state index is 0.0585. The Bertz CT molecular complexity index is 547. The molecule has 0 spiro atoms. The number of carbonyl (C=O) groups is 2. The lowest BCUT2D eigenvalue weighted by molar-refractivity contribution is -0.139. The summed E-state index contributed by atoms with van der Waals surface area (Å²) in [6.07, 6.45) is 0. The van der Waals surface area contributed by atoms with Crippen LogP contribution in [0.3, 0.4) is 0 Å². The van der Waals surface area contributed by atoms with Gasteiger partial charge in [0.15, 0.2) is 5.75 Å². The normalized spacial score (nSPS) is 10.9. The van der Waals surface area contributed by atoms with Gasteiger partial charge >= 0.3 is 11.9 Å². The molecular formula is C9H11NO6S2. The van der Waals surface area contributed by atoms with Crippen LogP contribution in [0.25, 0.3) is 0 Å². The number of carboxylic acid groups (broad SMARTS) is 1. The van der Waals surface area contributed by atoms with E-state index in [4.69, 9.17) is 5.11 Å². The number of sulfonamides is 1. The summed E-state index contributed by atoms with van der Waals surface area (Å²) >= 11 is 0.885. The van der Waals surface area contributed by atoms with Crippen molar-refractivity contribution >= 4 is 39.0 Å². The second-order valence-electron chi connectivity index (χ2n) is 3.13. The molecule has 0 aliphatic rings. The first-order chi connectivity index (χ1) is 8.35. The van der Waals surface area contributed by atoms with Gasteiger partial charge in [0.05, 0.1) is 12.3 Å². The van der Waals surface area contributed by atoms with E-state index < -0.39 is 27.7 Å². The van der Waals surface area contributed by atoms with Crippen LogP contribution in [0.1, 0.15) is 16.6 Å². The standard InChI is InChI=1S/C9H11NO6S2/c1-2-16-7(11)5-18(14,15)10-6-3-4-17-8(6)9(12)13/h3-4,10H,2,5H2,1H3,(H,12,13). The molecule has 18 heavy (non-hydrogen) atoms. The molecule has 0 aliphatic heterocycles. The molecule has 0 amide bonds. The Kier molecular flexibility index (Phi) is 4.68. The summed E-state index contributed by atoms with van der Waals surface area (Å²) in [5, 5.41) is 10.2. The molecule has 2 N–H and O–H groups in total. The van der Waals surface area contributed by atoms with E-state index in [0.717, 1.165) is 11.3 Å². The molecule has 0 saturated carbocycles. The monoisotopic (exact) mass is 293 g/mol. The fourth-order valence-corrected chi connectivity index (χ4v) is 2.84. The van der Waals surface area contributed by atoms with Gasteiger partial charge in [-0.15, -0.1) is 11.3 Å². The van der Waals surface area contributed by atoms with Crippen LogP contribution in [0, 0.1) is 0 Å². The summed E-state index contributed by atoms with van der Waals surface area (Å²) in [6, 6.07) is 1.32. The molecule has 100 valence electrons. The average Bonchev–Trinajstić information content (AvgIpc) is 2.63. The lowest BCUT2D eigenvalue weighted by Crippen LogP contribution is -2.24. The van der Waals surface area contributed by atoms with Crippen molar-refractivity contribution in [3.8, 4) is 0 Å². The van der Waals surface area contributed by atoms with Gasteiger partial charge in [-0.25, -0.2) is 13.2 Å². The zero-order valence-electron chi connectivity index (χ0n) is 9.37. The van der Waals surface area contributed by atoms with E-state index in [0.29, 0.717) is 0 Å². The largest absolute Gasteiger partial charge is 0.477 e. The van der Waals surface area contributed by atoms with Gasteiger partial charge in [-0.3, -0.25) is 9.52 Å². The van der Waals surface area contributed by atoms with Crippen LogP contribution in [0.15, 0.2) is 11.4 Å². The topological polar surface area (TPSA) is 110 Å². The summed E-state index contributed by atoms with van der Waals surface area (Å²) in [4.78, 5) is 21.7. The molecule has 1 rings (SSSR count). The quantitative estimate of drug-likeness (QED) is 0.749. The zero-order chi connectivity index (χ0) is 13.8. The Morgan fingerprint density at radius 2 is 2.17 bits per heavy atom. The number of nitrogens with one attached hydrogen (secondary N) is 1. The molecule has 0 aromatic carbocycles. The minimum Gasteiger partial charge on any atom is -0.477 e. The van der Waals surface area contributed by atoms with Gasteiger partial charge in [0.2, 0.25) is 10.0 Å². The highest BCUT2D eigenvalue weighted by molar-refractivity contribution is 7.93. The predicted octanol–water partition coefficient (Wildman–Crippen LogP) is 0.751. The van der Waals surface area contributed by atoms with Crippen LogP contribution < -0.4 is 4.72 Å². The number of thiophene rings is 1. The number of aromatic carboxylic acids is 1.